The van der Waals surface area contributed by atoms with E-state index in [-0.39, 0.29) is 31.0 Å². The number of hydrogen-bond acceptors (Lipinski definition) is 5. The molecule has 2 aliphatic rings. The molecule has 0 saturated heterocycles. The second-order valence-electron chi connectivity index (χ2n) is 9.48. The molecule has 2 atom stereocenters. The molecule has 3 aromatic rings. The van der Waals surface area contributed by atoms with Gasteiger partial charge in [-0.3, -0.25) is 9.59 Å². The normalized spacial score (nSPS) is 17.6. The monoisotopic (exact) mass is 500 g/mol. The maximum absolute atomic E-state index is 14.1. The molecule has 1 heterocycles. The minimum absolute atomic E-state index is 0.0702. The Balaban J connectivity index is 1.50. The number of carbonyl (C=O) groups excluding carboxylic acids is 2. The molecule has 1 aliphatic heterocycles. The van der Waals surface area contributed by atoms with Gasteiger partial charge in [0.15, 0.2) is 11.5 Å². The first-order valence-electron chi connectivity index (χ1n) is 12.8. The van der Waals surface area contributed by atoms with Gasteiger partial charge in [-0.2, -0.15) is 0 Å². The number of nitrogens with one attached hydrogen (secondary N) is 1. The van der Waals surface area contributed by atoms with Gasteiger partial charge in [0.05, 0.1) is 7.11 Å². The van der Waals surface area contributed by atoms with E-state index in [4.69, 9.17) is 14.2 Å². The van der Waals surface area contributed by atoms with Gasteiger partial charge in [0.25, 0.3) is 5.91 Å². The lowest BCUT2D eigenvalue weighted by Crippen LogP contribution is -2.51. The van der Waals surface area contributed by atoms with Gasteiger partial charge in [-0.1, -0.05) is 67.4 Å². The summed E-state index contributed by atoms with van der Waals surface area (Å²) >= 11 is 0. The van der Waals surface area contributed by atoms with E-state index in [2.05, 4.69) is 5.32 Å². The molecular formula is C30H32N2O5. The maximum Gasteiger partial charge on any atom is 0.268 e. The SMILES string of the molecule is COc1ccc(C(C(=O)NC2CCCC2)N(Cc2ccccc2)C(=O)C2COc3ccccc3O2)cc1. The molecule has 1 aliphatic carbocycles. The van der Waals surface area contributed by atoms with Gasteiger partial charge in [-0.15, -0.1) is 0 Å². The van der Waals surface area contributed by atoms with Crippen molar-refractivity contribution >= 4 is 11.8 Å². The largest absolute Gasteiger partial charge is 0.497 e. The molecule has 2 unspecified atom stereocenters. The van der Waals surface area contributed by atoms with E-state index in [1.54, 1.807) is 18.1 Å². The van der Waals surface area contributed by atoms with E-state index in [0.29, 0.717) is 22.8 Å². The molecule has 0 spiro atoms. The smallest absolute Gasteiger partial charge is 0.268 e. The van der Waals surface area contributed by atoms with Crippen LogP contribution in [0.25, 0.3) is 0 Å². The molecule has 0 bridgehead atoms. The lowest BCUT2D eigenvalue weighted by molar-refractivity contribution is -0.149. The lowest BCUT2D eigenvalue weighted by atomic mass is 10.0. The third kappa shape index (κ3) is 5.71. The van der Waals surface area contributed by atoms with Crippen LogP contribution < -0.4 is 19.5 Å². The van der Waals surface area contributed by atoms with Crippen molar-refractivity contribution < 1.29 is 23.8 Å². The Hall–Kier alpha value is -4.00. The number of amides is 2. The summed E-state index contributed by atoms with van der Waals surface area (Å²) in [7, 11) is 1.60. The van der Waals surface area contributed by atoms with Crippen LogP contribution in [0.15, 0.2) is 78.9 Å². The predicted octanol–water partition coefficient (Wildman–Crippen LogP) is 4.66. The Labute approximate surface area is 217 Å². The highest BCUT2D eigenvalue weighted by molar-refractivity contribution is 5.91. The number of ether oxygens (including phenoxy) is 3. The standard InChI is InChI=1S/C30H32N2O5/c1-35-24-17-15-22(16-18-24)28(29(33)31-23-11-5-6-12-23)32(19-21-9-3-2-4-10-21)30(34)27-20-36-25-13-7-8-14-26(25)37-27/h2-4,7-10,13-18,23,27-28H,5-6,11-12,19-20H2,1H3,(H,31,33). The number of nitrogens with zero attached hydrogens (tertiary/aromatic N) is 1. The second-order valence-corrected chi connectivity index (χ2v) is 9.48. The van der Waals surface area contributed by atoms with Gasteiger partial charge in [-0.25, -0.2) is 0 Å². The highest BCUT2D eigenvalue weighted by Crippen LogP contribution is 2.33. The Morgan fingerprint density at radius 1 is 0.946 bits per heavy atom. The summed E-state index contributed by atoms with van der Waals surface area (Å²) in [6.45, 7) is 0.316. The number of carbonyl (C=O) groups is 2. The first-order valence-corrected chi connectivity index (χ1v) is 12.8. The molecule has 7 heteroatoms. The predicted molar refractivity (Wildman–Crippen MR) is 139 cm³/mol. The van der Waals surface area contributed by atoms with Crippen LogP contribution in [0.5, 0.6) is 17.2 Å². The number of benzene rings is 3. The Bertz CT molecular complexity index is 1210. The average Bonchev–Trinajstić information content (AvgIpc) is 3.46. The number of methoxy groups -OCH3 is 1. The van der Waals surface area contributed by atoms with E-state index in [1.807, 2.05) is 72.8 Å². The summed E-state index contributed by atoms with van der Waals surface area (Å²) < 4.78 is 17.3. The van der Waals surface area contributed by atoms with Crippen LogP contribution in [0.4, 0.5) is 0 Å². The van der Waals surface area contributed by atoms with Crippen LogP contribution in [-0.2, 0) is 16.1 Å². The summed E-state index contributed by atoms with van der Waals surface area (Å²) in [5.41, 5.74) is 1.62. The zero-order valence-corrected chi connectivity index (χ0v) is 21.0. The Kier molecular flexibility index (Phi) is 7.59. The molecule has 1 saturated carbocycles. The average molecular weight is 501 g/mol. The number of hydrogen-bond donors (Lipinski definition) is 1. The summed E-state index contributed by atoms with van der Waals surface area (Å²) in [6, 6.07) is 23.6. The minimum Gasteiger partial charge on any atom is -0.497 e. The van der Waals surface area contributed by atoms with Crippen molar-refractivity contribution in [3.63, 3.8) is 0 Å². The van der Waals surface area contributed by atoms with Crippen LogP contribution in [-0.4, -0.2) is 42.6 Å². The molecule has 2 amide bonds. The van der Waals surface area contributed by atoms with Crippen molar-refractivity contribution in [3.05, 3.63) is 90.0 Å². The molecule has 3 aromatic carbocycles. The molecule has 37 heavy (non-hydrogen) atoms. The molecule has 5 rings (SSSR count). The van der Waals surface area contributed by atoms with Crippen molar-refractivity contribution in [2.75, 3.05) is 13.7 Å². The van der Waals surface area contributed by atoms with Gasteiger partial charge in [0.1, 0.15) is 18.4 Å². The molecule has 0 radical (unpaired) electrons. The van der Waals surface area contributed by atoms with E-state index in [1.165, 1.54) is 0 Å². The lowest BCUT2D eigenvalue weighted by Gasteiger charge is -2.36. The van der Waals surface area contributed by atoms with Gasteiger partial charge < -0.3 is 24.4 Å². The van der Waals surface area contributed by atoms with Crippen LogP contribution >= 0.6 is 0 Å². The summed E-state index contributed by atoms with van der Waals surface area (Å²) in [4.78, 5) is 29.6. The molecule has 1 N–H and O–H groups in total. The van der Waals surface area contributed by atoms with Gasteiger partial charge in [0.2, 0.25) is 12.0 Å². The van der Waals surface area contributed by atoms with E-state index < -0.39 is 12.1 Å². The molecular weight excluding hydrogens is 468 g/mol. The summed E-state index contributed by atoms with van der Waals surface area (Å²) in [6.07, 6.45) is 3.21. The fraction of sp³-hybridized carbons (Fsp3) is 0.333. The van der Waals surface area contributed by atoms with E-state index >= 15 is 0 Å². The van der Waals surface area contributed by atoms with Crippen LogP contribution in [0.2, 0.25) is 0 Å². The fourth-order valence-corrected chi connectivity index (χ4v) is 5.01. The van der Waals surface area contributed by atoms with Crippen molar-refractivity contribution in [3.8, 4) is 17.2 Å². The van der Waals surface area contributed by atoms with Crippen molar-refractivity contribution in [2.24, 2.45) is 0 Å². The Morgan fingerprint density at radius 3 is 2.32 bits per heavy atom. The molecule has 7 nitrogen and oxygen atoms in total. The van der Waals surface area contributed by atoms with Crippen molar-refractivity contribution in [1.29, 1.82) is 0 Å². The third-order valence-corrected chi connectivity index (χ3v) is 6.96. The quantitative estimate of drug-likeness (QED) is 0.487. The van der Waals surface area contributed by atoms with Gasteiger partial charge >= 0.3 is 0 Å². The Morgan fingerprint density at radius 2 is 1.62 bits per heavy atom. The number of rotatable bonds is 8. The van der Waals surface area contributed by atoms with Gasteiger partial charge in [-0.05, 0) is 48.2 Å². The zero-order valence-electron chi connectivity index (χ0n) is 21.0. The van der Waals surface area contributed by atoms with Gasteiger partial charge in [0, 0.05) is 12.6 Å². The van der Waals surface area contributed by atoms with Crippen LogP contribution in [0, 0.1) is 0 Å². The van der Waals surface area contributed by atoms with E-state index in [0.717, 1.165) is 31.2 Å². The first-order chi connectivity index (χ1) is 18.1. The highest BCUT2D eigenvalue weighted by Gasteiger charge is 2.39. The first kappa shape index (κ1) is 24.7. The number of fused-ring (bicyclic) bond motifs is 1. The second kappa shape index (κ2) is 11.4. The molecule has 192 valence electrons. The van der Waals surface area contributed by atoms with Crippen LogP contribution in [0.1, 0.15) is 42.9 Å². The fourth-order valence-electron chi connectivity index (χ4n) is 5.01. The highest BCUT2D eigenvalue weighted by atomic mass is 16.6. The molecule has 0 aromatic heterocycles. The topological polar surface area (TPSA) is 77.1 Å². The third-order valence-electron chi connectivity index (χ3n) is 6.96. The summed E-state index contributed by atoms with van der Waals surface area (Å²) in [5.74, 6) is 1.30. The minimum atomic E-state index is -0.876. The van der Waals surface area contributed by atoms with Crippen LogP contribution in [0.3, 0.4) is 0 Å². The molecule has 1 fully saturated rings. The maximum atomic E-state index is 14.1. The van der Waals surface area contributed by atoms with E-state index in [9.17, 15) is 9.59 Å². The summed E-state index contributed by atoms with van der Waals surface area (Å²) in [5, 5.41) is 3.21. The van der Waals surface area contributed by atoms with Crippen molar-refractivity contribution in [1.82, 2.24) is 10.2 Å². The van der Waals surface area contributed by atoms with Crippen molar-refractivity contribution in [2.45, 2.75) is 50.4 Å². The zero-order chi connectivity index (χ0) is 25.6. The number of para-hydroxylation sites is 2.